The molecule has 1 fully saturated rings. The number of nitrogens with zero attached hydrogens (tertiary/aromatic N) is 3. The van der Waals surface area contributed by atoms with Gasteiger partial charge < -0.3 is 19.9 Å². The number of fused-ring (bicyclic) bond motifs is 1. The molecule has 1 atom stereocenters. The molecule has 0 radical (unpaired) electrons. The Morgan fingerprint density at radius 3 is 2.77 bits per heavy atom. The monoisotopic (exact) mass is 360 g/mol. The first-order valence-corrected chi connectivity index (χ1v) is 9.39. The Morgan fingerprint density at radius 2 is 2.12 bits per heavy atom. The van der Waals surface area contributed by atoms with Gasteiger partial charge >= 0.3 is 0 Å². The van der Waals surface area contributed by atoms with Crippen molar-refractivity contribution in [1.29, 1.82) is 0 Å². The van der Waals surface area contributed by atoms with Gasteiger partial charge in [-0.15, -0.1) is 0 Å². The first-order valence-electron chi connectivity index (χ1n) is 9.39. The summed E-state index contributed by atoms with van der Waals surface area (Å²) in [6.45, 7) is 8.32. The highest BCUT2D eigenvalue weighted by atomic mass is 16.5. The van der Waals surface area contributed by atoms with Crippen LogP contribution >= 0.6 is 0 Å². The number of aromatic nitrogens is 1. The summed E-state index contributed by atoms with van der Waals surface area (Å²) < 4.78 is 5.37. The van der Waals surface area contributed by atoms with E-state index < -0.39 is 0 Å². The lowest BCUT2D eigenvalue weighted by Gasteiger charge is -2.20. The number of amides is 2. The summed E-state index contributed by atoms with van der Waals surface area (Å²) >= 11 is 0. The molecule has 0 bridgehead atoms. The normalized spacial score (nSPS) is 18.1. The highest BCUT2D eigenvalue weighted by Gasteiger charge is 2.29. The van der Waals surface area contributed by atoms with Gasteiger partial charge in [-0.1, -0.05) is 6.92 Å². The summed E-state index contributed by atoms with van der Waals surface area (Å²) in [6, 6.07) is 1.81. The van der Waals surface area contributed by atoms with Gasteiger partial charge in [-0.2, -0.15) is 0 Å². The van der Waals surface area contributed by atoms with Crippen LogP contribution in [0.2, 0.25) is 0 Å². The first-order chi connectivity index (χ1) is 12.5. The number of hydrogen-bond acceptors (Lipinski definition) is 5. The van der Waals surface area contributed by atoms with E-state index in [-0.39, 0.29) is 17.7 Å². The van der Waals surface area contributed by atoms with Gasteiger partial charge in [0.2, 0.25) is 11.8 Å². The maximum Gasteiger partial charge on any atom is 0.256 e. The van der Waals surface area contributed by atoms with Gasteiger partial charge in [0.05, 0.1) is 24.9 Å². The third-order valence-electron chi connectivity index (χ3n) is 5.21. The molecule has 2 amide bonds. The molecular weight excluding hydrogens is 332 g/mol. The summed E-state index contributed by atoms with van der Waals surface area (Å²) in [7, 11) is 1.56. The number of carbonyl (C=O) groups excluding carboxylic acids is 2. The molecule has 0 aromatic carbocycles. The third kappa shape index (κ3) is 3.82. The lowest BCUT2D eigenvalue weighted by molar-refractivity contribution is -0.125. The number of nitrogens with one attached hydrogen (secondary N) is 1. The number of methoxy groups -OCH3 is 1. The smallest absolute Gasteiger partial charge is 0.256 e. The van der Waals surface area contributed by atoms with Gasteiger partial charge in [0, 0.05) is 31.1 Å². The molecule has 3 heterocycles. The van der Waals surface area contributed by atoms with Crippen molar-refractivity contribution >= 4 is 11.8 Å². The Kier molecular flexibility index (Phi) is 5.76. The molecule has 0 saturated carbocycles. The van der Waals surface area contributed by atoms with Crippen molar-refractivity contribution in [3.63, 3.8) is 0 Å². The van der Waals surface area contributed by atoms with Crippen LogP contribution in [0, 0.1) is 5.92 Å². The van der Waals surface area contributed by atoms with E-state index in [9.17, 15) is 9.59 Å². The molecule has 26 heavy (non-hydrogen) atoms. The zero-order chi connectivity index (χ0) is 18.7. The topological polar surface area (TPSA) is 74.8 Å². The van der Waals surface area contributed by atoms with Crippen molar-refractivity contribution in [2.24, 2.45) is 5.92 Å². The number of rotatable bonds is 7. The average Bonchev–Trinajstić information content (AvgIpc) is 3.26. The van der Waals surface area contributed by atoms with E-state index in [2.05, 4.69) is 15.2 Å². The number of ether oxygens (including phenoxy) is 1. The Balaban J connectivity index is 1.65. The Bertz CT molecular complexity index is 686. The molecule has 7 nitrogen and oxygen atoms in total. The molecule has 1 aromatic heterocycles. The minimum absolute atomic E-state index is 0.00682. The standard InChI is InChI=1S/C19H28N4O3/c1-4-23-12-16-15(19(23)25)9-14(18(21-16)26-3)10-20-17(24)13(2)11-22-7-5-6-8-22/h9,13H,4-8,10-12H2,1-3H3,(H,20,24). The third-order valence-corrected chi connectivity index (χ3v) is 5.21. The summed E-state index contributed by atoms with van der Waals surface area (Å²) in [4.78, 5) is 33.4. The van der Waals surface area contributed by atoms with Crippen LogP contribution < -0.4 is 10.1 Å². The van der Waals surface area contributed by atoms with Crippen molar-refractivity contribution in [2.45, 2.75) is 39.8 Å². The molecular formula is C19H28N4O3. The quantitative estimate of drug-likeness (QED) is 0.796. The van der Waals surface area contributed by atoms with E-state index in [0.717, 1.165) is 30.9 Å². The van der Waals surface area contributed by atoms with Gasteiger partial charge in [-0.3, -0.25) is 9.59 Å². The Morgan fingerprint density at radius 1 is 1.38 bits per heavy atom. The van der Waals surface area contributed by atoms with Gasteiger partial charge in [0.15, 0.2) is 0 Å². The molecule has 1 N–H and O–H groups in total. The number of hydrogen-bond donors (Lipinski definition) is 1. The molecule has 1 saturated heterocycles. The van der Waals surface area contributed by atoms with E-state index >= 15 is 0 Å². The van der Waals surface area contributed by atoms with Gasteiger partial charge in [0.25, 0.3) is 5.91 Å². The van der Waals surface area contributed by atoms with Gasteiger partial charge in [-0.25, -0.2) is 4.98 Å². The minimum atomic E-state index is -0.0707. The summed E-state index contributed by atoms with van der Waals surface area (Å²) in [5.74, 6) is 0.411. The lowest BCUT2D eigenvalue weighted by Crippen LogP contribution is -2.36. The fourth-order valence-corrected chi connectivity index (χ4v) is 3.65. The molecule has 2 aliphatic heterocycles. The predicted molar refractivity (Wildman–Crippen MR) is 97.9 cm³/mol. The van der Waals surface area contributed by atoms with E-state index in [1.165, 1.54) is 12.8 Å². The second-order valence-corrected chi connectivity index (χ2v) is 7.10. The first kappa shape index (κ1) is 18.6. The van der Waals surface area contributed by atoms with Crippen molar-refractivity contribution in [1.82, 2.24) is 20.1 Å². The summed E-state index contributed by atoms with van der Waals surface area (Å²) in [6.07, 6.45) is 2.43. The summed E-state index contributed by atoms with van der Waals surface area (Å²) in [5, 5.41) is 2.97. The van der Waals surface area contributed by atoms with E-state index in [1.807, 2.05) is 19.9 Å². The van der Waals surface area contributed by atoms with Crippen LogP contribution in [0.5, 0.6) is 5.88 Å². The number of carbonyl (C=O) groups is 2. The highest BCUT2D eigenvalue weighted by molar-refractivity contribution is 5.98. The molecule has 1 unspecified atom stereocenters. The largest absolute Gasteiger partial charge is 0.481 e. The number of likely N-dealkylation sites (tertiary alicyclic amines) is 1. The molecule has 0 aliphatic carbocycles. The fourth-order valence-electron chi connectivity index (χ4n) is 3.65. The predicted octanol–water partition coefficient (Wildman–Crippen LogP) is 1.41. The number of pyridine rings is 1. The lowest BCUT2D eigenvalue weighted by atomic mass is 10.1. The SMILES string of the molecule is CCN1Cc2nc(OC)c(CNC(=O)C(C)CN3CCCC3)cc2C1=O. The van der Waals surface area contributed by atoms with Crippen LogP contribution in [-0.4, -0.2) is 59.9 Å². The van der Waals surface area contributed by atoms with Gasteiger partial charge in [-0.05, 0) is 38.9 Å². The second-order valence-electron chi connectivity index (χ2n) is 7.10. The van der Waals surface area contributed by atoms with Crippen molar-refractivity contribution < 1.29 is 14.3 Å². The minimum Gasteiger partial charge on any atom is -0.481 e. The van der Waals surface area contributed by atoms with Crippen LogP contribution in [0.3, 0.4) is 0 Å². The van der Waals surface area contributed by atoms with Crippen LogP contribution in [0.25, 0.3) is 0 Å². The van der Waals surface area contributed by atoms with E-state index in [0.29, 0.717) is 31.1 Å². The average molecular weight is 360 g/mol. The maximum atomic E-state index is 12.4. The van der Waals surface area contributed by atoms with Gasteiger partial charge in [0.1, 0.15) is 0 Å². The zero-order valence-corrected chi connectivity index (χ0v) is 15.9. The van der Waals surface area contributed by atoms with Crippen molar-refractivity contribution in [3.05, 3.63) is 22.9 Å². The molecule has 7 heteroatoms. The van der Waals surface area contributed by atoms with Crippen LogP contribution in [0.4, 0.5) is 0 Å². The second kappa shape index (κ2) is 8.03. The van der Waals surface area contributed by atoms with Crippen LogP contribution in [0.15, 0.2) is 6.07 Å². The Hall–Kier alpha value is -2.15. The molecule has 1 aromatic rings. The maximum absolute atomic E-state index is 12.4. The van der Waals surface area contributed by atoms with Crippen molar-refractivity contribution in [3.8, 4) is 5.88 Å². The molecule has 3 rings (SSSR count). The molecule has 0 spiro atoms. The van der Waals surface area contributed by atoms with E-state index in [4.69, 9.17) is 4.74 Å². The van der Waals surface area contributed by atoms with Crippen LogP contribution in [-0.2, 0) is 17.9 Å². The highest BCUT2D eigenvalue weighted by Crippen LogP contribution is 2.27. The van der Waals surface area contributed by atoms with Crippen LogP contribution in [0.1, 0.15) is 48.3 Å². The molecule has 2 aliphatic rings. The molecule has 142 valence electrons. The fraction of sp³-hybridized carbons (Fsp3) is 0.632. The van der Waals surface area contributed by atoms with Crippen molar-refractivity contribution in [2.75, 3.05) is 33.3 Å². The van der Waals surface area contributed by atoms with E-state index in [1.54, 1.807) is 12.0 Å². The summed E-state index contributed by atoms with van der Waals surface area (Å²) in [5.41, 5.74) is 2.09. The Labute approximate surface area is 154 Å². The zero-order valence-electron chi connectivity index (χ0n) is 15.9.